The van der Waals surface area contributed by atoms with Gasteiger partial charge in [-0.15, -0.1) is 0 Å². The van der Waals surface area contributed by atoms with Crippen LogP contribution in [0.3, 0.4) is 0 Å². The number of carbonyl (C=O) groups is 1. The molecular weight excluding hydrogens is 230 g/mol. The summed E-state index contributed by atoms with van der Waals surface area (Å²) in [4.78, 5) is 10.5. The molecule has 1 aliphatic heterocycles. The highest BCUT2D eigenvalue weighted by atomic mass is 16.5. The van der Waals surface area contributed by atoms with Crippen molar-refractivity contribution >= 4 is 5.97 Å². The summed E-state index contributed by atoms with van der Waals surface area (Å²) in [6.45, 7) is 4.77. The third kappa shape index (κ3) is 2.64. The molecule has 2 N–H and O–H groups in total. The van der Waals surface area contributed by atoms with Gasteiger partial charge in [0, 0.05) is 12.0 Å². The average molecular weight is 249 g/mol. The van der Waals surface area contributed by atoms with Crippen LogP contribution in [0.1, 0.15) is 38.3 Å². The number of benzene rings is 1. The molecule has 4 heteroatoms. The van der Waals surface area contributed by atoms with E-state index in [1.54, 1.807) is 0 Å². The van der Waals surface area contributed by atoms with Gasteiger partial charge in [0.05, 0.1) is 6.04 Å². The fourth-order valence-electron chi connectivity index (χ4n) is 2.37. The lowest BCUT2D eigenvalue weighted by atomic mass is 9.94. The zero-order valence-electron chi connectivity index (χ0n) is 10.8. The van der Waals surface area contributed by atoms with Crippen molar-refractivity contribution in [3.63, 3.8) is 0 Å². The lowest BCUT2D eigenvalue weighted by molar-refractivity contribution is -0.137. The van der Waals surface area contributed by atoms with Gasteiger partial charge in [-0.1, -0.05) is 18.2 Å². The second-order valence-electron chi connectivity index (χ2n) is 5.13. The summed E-state index contributed by atoms with van der Waals surface area (Å²) in [5.74, 6) is 0.164. The molecular formula is C14H19NO3. The molecule has 0 spiro atoms. The number of hydrogen-bond acceptors (Lipinski definition) is 3. The topological polar surface area (TPSA) is 58.6 Å². The Bertz CT molecular complexity index is 442. The van der Waals surface area contributed by atoms with Crippen LogP contribution < -0.4 is 10.1 Å². The fourth-order valence-corrected chi connectivity index (χ4v) is 2.37. The van der Waals surface area contributed by atoms with Gasteiger partial charge in [-0.3, -0.25) is 4.79 Å². The van der Waals surface area contributed by atoms with Crippen LogP contribution in [0.2, 0.25) is 0 Å². The molecule has 0 radical (unpaired) electrons. The first kappa shape index (κ1) is 12.9. The highest BCUT2D eigenvalue weighted by Crippen LogP contribution is 2.42. The molecule has 18 heavy (non-hydrogen) atoms. The third-order valence-corrected chi connectivity index (χ3v) is 3.21. The van der Waals surface area contributed by atoms with Gasteiger partial charge in [0.25, 0.3) is 0 Å². The molecule has 2 rings (SSSR count). The maximum atomic E-state index is 10.5. The van der Waals surface area contributed by atoms with Crippen molar-refractivity contribution in [1.82, 2.24) is 5.32 Å². The van der Waals surface area contributed by atoms with Crippen molar-refractivity contribution < 1.29 is 14.6 Å². The number of carboxylic acids is 1. The number of ether oxygens (including phenoxy) is 1. The second-order valence-corrected chi connectivity index (χ2v) is 5.13. The van der Waals surface area contributed by atoms with Gasteiger partial charge in [-0.25, -0.2) is 0 Å². The minimum absolute atomic E-state index is 0.113. The van der Waals surface area contributed by atoms with Crippen LogP contribution in [0, 0.1) is 0 Å². The number of rotatable bonds is 5. The van der Waals surface area contributed by atoms with E-state index in [1.165, 1.54) is 0 Å². The lowest BCUT2D eigenvalue weighted by Gasteiger charge is -2.27. The quantitative estimate of drug-likeness (QED) is 0.786. The van der Waals surface area contributed by atoms with Gasteiger partial charge in [-0.05, 0) is 32.9 Å². The van der Waals surface area contributed by atoms with Crippen LogP contribution in [-0.4, -0.2) is 23.2 Å². The molecule has 98 valence electrons. The predicted molar refractivity (Wildman–Crippen MR) is 68.8 cm³/mol. The van der Waals surface area contributed by atoms with E-state index in [0.717, 1.165) is 11.3 Å². The maximum Gasteiger partial charge on any atom is 0.303 e. The largest absolute Gasteiger partial charge is 0.486 e. The number of nitrogens with one attached hydrogen (secondary N) is 1. The van der Waals surface area contributed by atoms with Crippen LogP contribution in [0.25, 0.3) is 0 Å². The van der Waals surface area contributed by atoms with Crippen molar-refractivity contribution in [2.75, 3.05) is 6.54 Å². The SMILES string of the molecule is CC1(C)Oc2ccccc2C1NCCCC(=O)O. The molecule has 1 heterocycles. The van der Waals surface area contributed by atoms with Gasteiger partial charge >= 0.3 is 5.97 Å². The first-order valence-electron chi connectivity index (χ1n) is 6.24. The number of hydrogen-bond donors (Lipinski definition) is 2. The Morgan fingerprint density at radius 1 is 1.44 bits per heavy atom. The Morgan fingerprint density at radius 2 is 2.17 bits per heavy atom. The van der Waals surface area contributed by atoms with Crippen molar-refractivity contribution in [3.05, 3.63) is 29.8 Å². The predicted octanol–water partition coefficient (Wildman–Crippen LogP) is 2.35. The summed E-state index contributed by atoms with van der Waals surface area (Å²) in [7, 11) is 0. The minimum Gasteiger partial charge on any atom is -0.486 e. The number of aliphatic carboxylic acids is 1. The Morgan fingerprint density at radius 3 is 2.89 bits per heavy atom. The van der Waals surface area contributed by atoms with Gasteiger partial charge in [0.1, 0.15) is 11.4 Å². The van der Waals surface area contributed by atoms with Crippen LogP contribution in [0.5, 0.6) is 5.75 Å². The van der Waals surface area contributed by atoms with Crippen molar-refractivity contribution in [2.24, 2.45) is 0 Å². The molecule has 1 aliphatic rings. The van der Waals surface area contributed by atoms with E-state index < -0.39 is 5.97 Å². The Labute approximate surface area is 107 Å². The average Bonchev–Trinajstić information content (AvgIpc) is 2.54. The fraction of sp³-hybridized carbons (Fsp3) is 0.500. The summed E-state index contributed by atoms with van der Waals surface area (Å²) in [6.07, 6.45) is 0.826. The van der Waals surface area contributed by atoms with Crippen molar-refractivity contribution in [1.29, 1.82) is 0 Å². The monoisotopic (exact) mass is 249 g/mol. The van der Waals surface area contributed by atoms with Crippen LogP contribution >= 0.6 is 0 Å². The summed E-state index contributed by atoms with van der Waals surface area (Å²) < 4.78 is 5.91. The van der Waals surface area contributed by atoms with Crippen LogP contribution in [0.15, 0.2) is 24.3 Å². The number of carboxylic acid groups (broad SMARTS) is 1. The molecule has 0 aliphatic carbocycles. The molecule has 1 unspecified atom stereocenters. The summed E-state index contributed by atoms with van der Waals surface area (Å²) in [5, 5.41) is 12.0. The van der Waals surface area contributed by atoms with Gasteiger partial charge in [-0.2, -0.15) is 0 Å². The Hall–Kier alpha value is -1.55. The summed E-state index contributed by atoms with van der Waals surface area (Å²) in [6, 6.07) is 8.09. The molecule has 1 atom stereocenters. The van der Waals surface area contributed by atoms with E-state index in [1.807, 2.05) is 32.0 Å². The van der Waals surface area contributed by atoms with Crippen molar-refractivity contribution in [3.8, 4) is 5.75 Å². The molecule has 1 aromatic rings. The molecule has 0 saturated heterocycles. The normalized spacial score (nSPS) is 20.2. The molecule has 0 fully saturated rings. The molecule has 1 aromatic carbocycles. The first-order valence-corrected chi connectivity index (χ1v) is 6.24. The highest BCUT2D eigenvalue weighted by Gasteiger charge is 2.40. The molecule has 0 amide bonds. The third-order valence-electron chi connectivity index (χ3n) is 3.21. The van der Waals surface area contributed by atoms with E-state index in [-0.39, 0.29) is 18.1 Å². The Balaban J connectivity index is 2.00. The zero-order chi connectivity index (χ0) is 13.2. The highest BCUT2D eigenvalue weighted by molar-refractivity contribution is 5.66. The molecule has 0 bridgehead atoms. The molecule has 4 nitrogen and oxygen atoms in total. The van der Waals surface area contributed by atoms with E-state index in [2.05, 4.69) is 11.4 Å². The number of para-hydroxylation sites is 1. The summed E-state index contributed by atoms with van der Waals surface area (Å²) >= 11 is 0. The van der Waals surface area contributed by atoms with Crippen LogP contribution in [-0.2, 0) is 4.79 Å². The Kier molecular flexibility index (Phi) is 3.57. The number of fused-ring (bicyclic) bond motifs is 1. The standard InChI is InChI=1S/C14H19NO3/c1-14(2)13(15-9-5-8-12(16)17)10-6-3-4-7-11(10)18-14/h3-4,6-7,13,15H,5,8-9H2,1-2H3,(H,16,17). The minimum atomic E-state index is -0.751. The lowest BCUT2D eigenvalue weighted by Crippen LogP contribution is -2.39. The second kappa shape index (κ2) is 4.98. The van der Waals surface area contributed by atoms with Crippen LogP contribution in [0.4, 0.5) is 0 Å². The first-order chi connectivity index (χ1) is 8.50. The summed E-state index contributed by atoms with van der Waals surface area (Å²) in [5.41, 5.74) is 0.852. The zero-order valence-corrected chi connectivity index (χ0v) is 10.8. The molecule has 0 saturated carbocycles. The molecule has 0 aromatic heterocycles. The van der Waals surface area contributed by atoms with E-state index in [9.17, 15) is 4.79 Å². The maximum absolute atomic E-state index is 10.5. The van der Waals surface area contributed by atoms with Gasteiger partial charge < -0.3 is 15.2 Å². The van der Waals surface area contributed by atoms with E-state index in [4.69, 9.17) is 9.84 Å². The van der Waals surface area contributed by atoms with Gasteiger partial charge in [0.2, 0.25) is 0 Å². The van der Waals surface area contributed by atoms with Gasteiger partial charge in [0.15, 0.2) is 0 Å². The van der Waals surface area contributed by atoms with E-state index in [0.29, 0.717) is 13.0 Å². The smallest absolute Gasteiger partial charge is 0.303 e. The van der Waals surface area contributed by atoms with E-state index >= 15 is 0 Å². The van der Waals surface area contributed by atoms with Crippen molar-refractivity contribution in [2.45, 2.75) is 38.3 Å².